The van der Waals surface area contributed by atoms with Crippen molar-refractivity contribution in [2.24, 2.45) is 0 Å². The first-order valence-corrected chi connectivity index (χ1v) is 9.86. The smallest absolute Gasteiger partial charge is 0.239 e. The minimum absolute atomic E-state index is 0.0363. The van der Waals surface area contributed by atoms with Crippen LogP contribution in [0, 0.1) is 6.92 Å². The van der Waals surface area contributed by atoms with Crippen LogP contribution in [0.2, 0.25) is 0 Å². The number of thiazole rings is 1. The third-order valence-corrected chi connectivity index (χ3v) is 6.11. The normalized spacial score (nSPS) is 12.2. The standard InChI is InChI=1S/C19H20N2OS2/c1-3-16(23-12-14-7-5-4-6-8-14)18(22)21-19-20-15-10-9-13(2)11-17(15)24-19/h4-11,16H,3,12H2,1-2H3,(H,20,21,22). The summed E-state index contributed by atoms with van der Waals surface area (Å²) in [5, 5.41) is 3.60. The van der Waals surface area contributed by atoms with Crippen molar-refractivity contribution in [2.75, 3.05) is 5.32 Å². The van der Waals surface area contributed by atoms with Crippen molar-refractivity contribution in [1.82, 2.24) is 4.98 Å². The van der Waals surface area contributed by atoms with Crippen LogP contribution in [0.25, 0.3) is 10.2 Å². The number of nitrogens with one attached hydrogen (secondary N) is 1. The van der Waals surface area contributed by atoms with Crippen molar-refractivity contribution in [2.45, 2.75) is 31.3 Å². The van der Waals surface area contributed by atoms with Gasteiger partial charge in [-0.3, -0.25) is 4.79 Å². The van der Waals surface area contributed by atoms with E-state index in [2.05, 4.69) is 35.4 Å². The molecule has 0 aliphatic carbocycles. The maximum atomic E-state index is 12.5. The highest BCUT2D eigenvalue weighted by Crippen LogP contribution is 2.28. The van der Waals surface area contributed by atoms with E-state index in [1.165, 1.54) is 22.5 Å². The molecule has 0 aliphatic rings. The number of carbonyl (C=O) groups is 1. The fraction of sp³-hybridized carbons (Fsp3) is 0.263. The van der Waals surface area contributed by atoms with Crippen LogP contribution in [0.5, 0.6) is 0 Å². The molecule has 0 radical (unpaired) electrons. The van der Waals surface area contributed by atoms with E-state index >= 15 is 0 Å². The molecule has 3 aromatic rings. The highest BCUT2D eigenvalue weighted by molar-refractivity contribution is 7.99. The Kier molecular flexibility index (Phi) is 5.53. The molecule has 1 amide bonds. The van der Waals surface area contributed by atoms with Crippen molar-refractivity contribution >= 4 is 44.4 Å². The summed E-state index contributed by atoms with van der Waals surface area (Å²) < 4.78 is 1.11. The lowest BCUT2D eigenvalue weighted by atomic mass is 10.2. The Morgan fingerprint density at radius 3 is 2.79 bits per heavy atom. The molecule has 1 heterocycles. The quantitative estimate of drug-likeness (QED) is 0.655. The van der Waals surface area contributed by atoms with Crippen molar-refractivity contribution in [3.8, 4) is 0 Å². The largest absolute Gasteiger partial charge is 0.301 e. The van der Waals surface area contributed by atoms with Gasteiger partial charge in [-0.1, -0.05) is 54.7 Å². The molecule has 3 nitrogen and oxygen atoms in total. The van der Waals surface area contributed by atoms with E-state index in [-0.39, 0.29) is 11.2 Å². The van der Waals surface area contributed by atoms with E-state index in [1.54, 1.807) is 11.8 Å². The van der Waals surface area contributed by atoms with E-state index < -0.39 is 0 Å². The summed E-state index contributed by atoms with van der Waals surface area (Å²) in [6, 6.07) is 16.4. The molecule has 0 fully saturated rings. The number of rotatable bonds is 6. The van der Waals surface area contributed by atoms with E-state index in [9.17, 15) is 4.79 Å². The van der Waals surface area contributed by atoms with Gasteiger partial charge in [-0.15, -0.1) is 11.8 Å². The number of carbonyl (C=O) groups excluding carboxylic acids is 1. The minimum atomic E-state index is -0.0704. The lowest BCUT2D eigenvalue weighted by molar-refractivity contribution is -0.115. The van der Waals surface area contributed by atoms with Gasteiger partial charge >= 0.3 is 0 Å². The third kappa shape index (κ3) is 4.16. The third-order valence-electron chi connectivity index (χ3n) is 3.73. The SMILES string of the molecule is CCC(SCc1ccccc1)C(=O)Nc1nc2ccc(C)cc2s1. The van der Waals surface area contributed by atoms with Crippen molar-refractivity contribution in [1.29, 1.82) is 0 Å². The van der Waals surface area contributed by atoms with E-state index in [0.717, 1.165) is 22.4 Å². The molecule has 1 atom stereocenters. The van der Waals surface area contributed by atoms with Crippen LogP contribution in [-0.2, 0) is 10.5 Å². The van der Waals surface area contributed by atoms with Gasteiger partial charge in [0.15, 0.2) is 5.13 Å². The first kappa shape index (κ1) is 17.0. The van der Waals surface area contributed by atoms with Gasteiger partial charge in [-0.05, 0) is 36.6 Å². The Labute approximate surface area is 150 Å². The molecule has 0 bridgehead atoms. The molecule has 0 spiro atoms. The predicted molar refractivity (Wildman–Crippen MR) is 105 cm³/mol. The van der Waals surface area contributed by atoms with Crippen LogP contribution in [0.3, 0.4) is 0 Å². The summed E-state index contributed by atoms with van der Waals surface area (Å²) in [6.07, 6.45) is 0.799. The molecule has 5 heteroatoms. The highest BCUT2D eigenvalue weighted by Gasteiger charge is 2.18. The molecule has 0 saturated heterocycles. The summed E-state index contributed by atoms with van der Waals surface area (Å²) in [7, 11) is 0. The lowest BCUT2D eigenvalue weighted by Gasteiger charge is -2.13. The summed E-state index contributed by atoms with van der Waals surface area (Å²) in [5.41, 5.74) is 3.38. The fourth-order valence-electron chi connectivity index (χ4n) is 2.42. The molecule has 3 rings (SSSR count). The number of thioether (sulfide) groups is 1. The van der Waals surface area contributed by atoms with E-state index in [0.29, 0.717) is 5.13 Å². The molecule has 1 unspecified atom stereocenters. The number of aryl methyl sites for hydroxylation is 1. The summed E-state index contributed by atoms with van der Waals surface area (Å²) in [5.74, 6) is 0.875. The summed E-state index contributed by atoms with van der Waals surface area (Å²) >= 11 is 3.21. The van der Waals surface area contributed by atoms with Crippen molar-refractivity contribution in [3.05, 3.63) is 59.7 Å². The summed E-state index contributed by atoms with van der Waals surface area (Å²) in [4.78, 5) is 17.0. The number of nitrogens with zero attached hydrogens (tertiary/aromatic N) is 1. The Bertz CT molecular complexity index is 830. The molecule has 0 aliphatic heterocycles. The highest BCUT2D eigenvalue weighted by atomic mass is 32.2. The number of hydrogen-bond acceptors (Lipinski definition) is 4. The number of amides is 1. The molecule has 1 N–H and O–H groups in total. The second kappa shape index (κ2) is 7.81. The lowest BCUT2D eigenvalue weighted by Crippen LogP contribution is -2.24. The Morgan fingerprint density at radius 1 is 1.25 bits per heavy atom. The molecule has 0 saturated carbocycles. The molecule has 1 aromatic heterocycles. The van der Waals surface area contributed by atoms with E-state index in [1.807, 2.05) is 37.3 Å². The Hall–Kier alpha value is -1.85. The average Bonchev–Trinajstić information content (AvgIpc) is 2.97. The van der Waals surface area contributed by atoms with Crippen LogP contribution in [0.1, 0.15) is 24.5 Å². The Morgan fingerprint density at radius 2 is 2.04 bits per heavy atom. The fourth-order valence-corrected chi connectivity index (χ4v) is 4.42. The number of fused-ring (bicyclic) bond motifs is 1. The molecular formula is C19H20N2OS2. The second-order valence-electron chi connectivity index (χ2n) is 5.67. The number of anilines is 1. The van der Waals surface area contributed by atoms with Gasteiger partial charge in [0.25, 0.3) is 0 Å². The zero-order chi connectivity index (χ0) is 16.9. The van der Waals surface area contributed by atoms with Gasteiger partial charge < -0.3 is 5.32 Å². The van der Waals surface area contributed by atoms with Crippen LogP contribution in [0.4, 0.5) is 5.13 Å². The zero-order valence-corrected chi connectivity index (χ0v) is 15.4. The zero-order valence-electron chi connectivity index (χ0n) is 13.8. The van der Waals surface area contributed by atoms with E-state index in [4.69, 9.17) is 0 Å². The van der Waals surface area contributed by atoms with Crippen LogP contribution < -0.4 is 5.32 Å². The average molecular weight is 357 g/mol. The molecular weight excluding hydrogens is 336 g/mol. The van der Waals surface area contributed by atoms with Gasteiger partial charge in [-0.2, -0.15) is 0 Å². The molecule has 124 valence electrons. The maximum Gasteiger partial charge on any atom is 0.239 e. The molecule has 2 aromatic carbocycles. The number of aromatic nitrogens is 1. The first-order chi connectivity index (χ1) is 11.7. The summed E-state index contributed by atoms with van der Waals surface area (Å²) in [6.45, 7) is 4.11. The van der Waals surface area contributed by atoms with Crippen LogP contribution in [0.15, 0.2) is 48.5 Å². The first-order valence-electron chi connectivity index (χ1n) is 7.99. The van der Waals surface area contributed by atoms with Gasteiger partial charge in [-0.25, -0.2) is 4.98 Å². The predicted octanol–water partition coefficient (Wildman–Crippen LogP) is 5.26. The maximum absolute atomic E-state index is 12.5. The van der Waals surface area contributed by atoms with Crippen molar-refractivity contribution in [3.63, 3.8) is 0 Å². The minimum Gasteiger partial charge on any atom is -0.301 e. The van der Waals surface area contributed by atoms with Crippen LogP contribution >= 0.6 is 23.1 Å². The monoisotopic (exact) mass is 356 g/mol. The number of benzene rings is 2. The Balaban J connectivity index is 1.64. The van der Waals surface area contributed by atoms with Crippen molar-refractivity contribution < 1.29 is 4.79 Å². The second-order valence-corrected chi connectivity index (χ2v) is 7.89. The molecule has 24 heavy (non-hydrogen) atoms. The van der Waals surface area contributed by atoms with Gasteiger partial charge in [0.2, 0.25) is 5.91 Å². The topological polar surface area (TPSA) is 42.0 Å². The number of hydrogen-bond donors (Lipinski definition) is 1. The van der Waals surface area contributed by atoms with Gasteiger partial charge in [0.05, 0.1) is 15.5 Å². The van der Waals surface area contributed by atoms with Gasteiger partial charge in [0.1, 0.15) is 0 Å². The van der Waals surface area contributed by atoms with Crippen LogP contribution in [-0.4, -0.2) is 16.1 Å². The van der Waals surface area contributed by atoms with Gasteiger partial charge in [0, 0.05) is 5.75 Å².